The van der Waals surface area contributed by atoms with Crippen LogP contribution < -0.4 is 5.32 Å². The zero-order chi connectivity index (χ0) is 15.7. The van der Waals surface area contributed by atoms with E-state index < -0.39 is 8.32 Å². The van der Waals surface area contributed by atoms with Crippen molar-refractivity contribution in [3.63, 3.8) is 0 Å². The van der Waals surface area contributed by atoms with Gasteiger partial charge in [0.2, 0.25) is 0 Å². The monoisotopic (exact) mass is 311 g/mol. The van der Waals surface area contributed by atoms with Gasteiger partial charge in [0.1, 0.15) is 11.9 Å². The highest BCUT2D eigenvalue weighted by Gasteiger charge is 2.40. The van der Waals surface area contributed by atoms with Crippen LogP contribution in [0.4, 0.5) is 4.79 Å². The van der Waals surface area contributed by atoms with E-state index in [1.807, 2.05) is 0 Å². The topological polar surface area (TPSA) is 63.2 Å². The van der Waals surface area contributed by atoms with E-state index in [1.54, 1.807) is 17.3 Å². The molecular weight excluding hydrogens is 286 g/mol. The highest BCUT2D eigenvalue weighted by Crippen LogP contribution is 2.36. The standard InChI is InChI=1S/C14H25N3O3Si/c1-14(2,3)21(4,5)19-10-11-9-17(13(18)20-11)12-8-15-6-7-16-12/h6,8,11,16H,7,9-10H2,1-5H3/t11-/m1/s1. The molecule has 0 radical (unpaired) electrons. The van der Waals surface area contributed by atoms with Crippen LogP contribution in [-0.2, 0) is 9.16 Å². The molecule has 0 aromatic heterocycles. The molecule has 1 N–H and O–H groups in total. The van der Waals surface area contributed by atoms with Gasteiger partial charge in [-0.05, 0) is 18.1 Å². The van der Waals surface area contributed by atoms with Crippen molar-refractivity contribution in [3.8, 4) is 0 Å². The summed E-state index contributed by atoms with van der Waals surface area (Å²) < 4.78 is 11.5. The average Bonchev–Trinajstić information content (AvgIpc) is 2.78. The average molecular weight is 311 g/mol. The Morgan fingerprint density at radius 3 is 2.81 bits per heavy atom. The minimum absolute atomic E-state index is 0.150. The summed E-state index contributed by atoms with van der Waals surface area (Å²) in [4.78, 5) is 17.6. The molecule has 1 amide bonds. The second kappa shape index (κ2) is 5.80. The van der Waals surface area contributed by atoms with Gasteiger partial charge >= 0.3 is 6.09 Å². The van der Waals surface area contributed by atoms with Crippen molar-refractivity contribution in [1.29, 1.82) is 0 Å². The summed E-state index contributed by atoms with van der Waals surface area (Å²) in [5.41, 5.74) is 0. The van der Waals surface area contributed by atoms with E-state index in [0.717, 1.165) is 0 Å². The van der Waals surface area contributed by atoms with Crippen molar-refractivity contribution in [2.75, 3.05) is 19.7 Å². The third-order valence-corrected chi connectivity index (χ3v) is 8.78. The molecule has 2 heterocycles. The predicted octanol–water partition coefficient (Wildman–Crippen LogP) is 2.30. The summed E-state index contributed by atoms with van der Waals surface area (Å²) in [6.07, 6.45) is 2.83. The maximum absolute atomic E-state index is 11.9. The maximum Gasteiger partial charge on any atom is 0.416 e. The lowest BCUT2D eigenvalue weighted by atomic mass is 10.2. The smallest absolute Gasteiger partial charge is 0.416 e. The maximum atomic E-state index is 11.9. The van der Waals surface area contributed by atoms with Gasteiger partial charge in [-0.3, -0.25) is 9.89 Å². The van der Waals surface area contributed by atoms with E-state index in [2.05, 4.69) is 44.2 Å². The van der Waals surface area contributed by atoms with Gasteiger partial charge in [-0.1, -0.05) is 20.8 Å². The quantitative estimate of drug-likeness (QED) is 0.809. The summed E-state index contributed by atoms with van der Waals surface area (Å²) in [7, 11) is -1.82. The highest BCUT2D eigenvalue weighted by molar-refractivity contribution is 6.74. The minimum atomic E-state index is -1.82. The second-order valence-electron chi connectivity index (χ2n) is 6.91. The van der Waals surface area contributed by atoms with E-state index in [9.17, 15) is 4.79 Å². The zero-order valence-corrected chi connectivity index (χ0v) is 14.5. The Morgan fingerprint density at radius 2 is 2.24 bits per heavy atom. The number of cyclic esters (lactones) is 1. The summed E-state index contributed by atoms with van der Waals surface area (Å²) >= 11 is 0. The van der Waals surface area contributed by atoms with E-state index in [1.165, 1.54) is 0 Å². The first kappa shape index (κ1) is 16.0. The minimum Gasteiger partial charge on any atom is -0.441 e. The van der Waals surface area contributed by atoms with Gasteiger partial charge in [0, 0.05) is 6.21 Å². The van der Waals surface area contributed by atoms with Gasteiger partial charge in [-0.2, -0.15) is 0 Å². The molecule has 1 fully saturated rings. The summed E-state index contributed by atoms with van der Waals surface area (Å²) in [5.74, 6) is 0.692. The van der Waals surface area contributed by atoms with Gasteiger partial charge in [0.05, 0.1) is 25.9 Å². The highest BCUT2D eigenvalue weighted by atomic mass is 28.4. The van der Waals surface area contributed by atoms with Crippen LogP contribution >= 0.6 is 0 Å². The molecule has 1 atom stereocenters. The van der Waals surface area contributed by atoms with Crippen molar-refractivity contribution in [2.45, 2.75) is 45.0 Å². The van der Waals surface area contributed by atoms with Crippen molar-refractivity contribution in [2.24, 2.45) is 4.99 Å². The first-order valence-electron chi connectivity index (χ1n) is 7.28. The normalized spacial score (nSPS) is 22.9. The fourth-order valence-electron chi connectivity index (χ4n) is 1.86. The van der Waals surface area contributed by atoms with Crippen molar-refractivity contribution in [1.82, 2.24) is 10.2 Å². The molecule has 0 aliphatic carbocycles. The molecular formula is C14H25N3O3Si. The number of aliphatic imine (C=N–C) groups is 1. The molecule has 0 spiro atoms. The summed E-state index contributed by atoms with van der Waals surface area (Å²) in [6.45, 7) is 12.6. The molecule has 118 valence electrons. The molecule has 2 rings (SSSR count). The van der Waals surface area contributed by atoms with Crippen LogP contribution in [0.3, 0.4) is 0 Å². The van der Waals surface area contributed by atoms with Crippen LogP contribution in [-0.4, -0.2) is 51.3 Å². The Bertz CT molecular complexity index is 469. The molecule has 0 saturated carbocycles. The Labute approximate surface area is 127 Å². The number of amides is 1. The van der Waals surface area contributed by atoms with E-state index >= 15 is 0 Å². The number of carbonyl (C=O) groups is 1. The molecule has 1 saturated heterocycles. The van der Waals surface area contributed by atoms with Gasteiger partial charge in [0.25, 0.3) is 0 Å². The Balaban J connectivity index is 1.91. The number of carbonyl (C=O) groups excluding carboxylic acids is 1. The Morgan fingerprint density at radius 1 is 1.52 bits per heavy atom. The van der Waals surface area contributed by atoms with Crippen LogP contribution in [0.2, 0.25) is 18.1 Å². The molecule has 2 aliphatic heterocycles. The number of hydrogen-bond donors (Lipinski definition) is 1. The number of hydrogen-bond acceptors (Lipinski definition) is 5. The van der Waals surface area contributed by atoms with Gasteiger partial charge < -0.3 is 14.5 Å². The van der Waals surface area contributed by atoms with E-state index in [-0.39, 0.29) is 17.2 Å². The molecule has 6 nitrogen and oxygen atoms in total. The number of ether oxygens (including phenoxy) is 1. The van der Waals surface area contributed by atoms with E-state index in [0.29, 0.717) is 25.5 Å². The van der Waals surface area contributed by atoms with Crippen molar-refractivity contribution >= 4 is 20.6 Å². The first-order chi connectivity index (χ1) is 9.71. The fraction of sp³-hybridized carbons (Fsp3) is 0.714. The van der Waals surface area contributed by atoms with Crippen LogP contribution in [0, 0.1) is 0 Å². The van der Waals surface area contributed by atoms with Crippen LogP contribution in [0.5, 0.6) is 0 Å². The zero-order valence-electron chi connectivity index (χ0n) is 13.5. The van der Waals surface area contributed by atoms with Gasteiger partial charge in [-0.25, -0.2) is 4.79 Å². The SMILES string of the molecule is CC(C)(C)[Si](C)(C)OC[C@H]1CN(C2=CN=CCN2)C(=O)O1. The summed E-state index contributed by atoms with van der Waals surface area (Å²) in [5, 5.41) is 3.26. The number of rotatable bonds is 4. The molecule has 21 heavy (non-hydrogen) atoms. The lowest BCUT2D eigenvalue weighted by Gasteiger charge is -2.36. The molecule has 2 aliphatic rings. The Kier molecular flexibility index (Phi) is 4.43. The number of nitrogens with zero attached hydrogens (tertiary/aromatic N) is 2. The Hall–Kier alpha value is -1.34. The lowest BCUT2D eigenvalue weighted by Crippen LogP contribution is -2.43. The predicted molar refractivity (Wildman–Crippen MR) is 84.7 cm³/mol. The molecule has 0 bridgehead atoms. The summed E-state index contributed by atoms with van der Waals surface area (Å²) in [6, 6.07) is 0. The van der Waals surface area contributed by atoms with Crippen molar-refractivity contribution < 1.29 is 14.0 Å². The van der Waals surface area contributed by atoms with Crippen molar-refractivity contribution in [3.05, 3.63) is 12.0 Å². The van der Waals surface area contributed by atoms with Crippen LogP contribution in [0.15, 0.2) is 17.0 Å². The van der Waals surface area contributed by atoms with Gasteiger partial charge in [-0.15, -0.1) is 0 Å². The first-order valence-corrected chi connectivity index (χ1v) is 10.2. The van der Waals surface area contributed by atoms with Gasteiger partial charge in [0.15, 0.2) is 8.32 Å². The lowest BCUT2D eigenvalue weighted by molar-refractivity contribution is 0.0983. The fourth-order valence-corrected chi connectivity index (χ4v) is 2.90. The molecule has 0 aromatic carbocycles. The molecule has 0 unspecified atom stereocenters. The number of nitrogens with one attached hydrogen (secondary N) is 1. The third-order valence-electron chi connectivity index (χ3n) is 4.28. The van der Waals surface area contributed by atoms with Crippen LogP contribution in [0.25, 0.3) is 0 Å². The molecule has 0 aromatic rings. The van der Waals surface area contributed by atoms with E-state index in [4.69, 9.17) is 9.16 Å². The second-order valence-corrected chi connectivity index (χ2v) is 11.7. The third kappa shape index (κ3) is 3.65. The van der Waals surface area contributed by atoms with Crippen LogP contribution in [0.1, 0.15) is 20.8 Å². The molecule has 7 heteroatoms. The largest absolute Gasteiger partial charge is 0.441 e.